The van der Waals surface area contributed by atoms with Crippen LogP contribution in [-0.2, 0) is 16.0 Å². The molecule has 1 saturated heterocycles. The van der Waals surface area contributed by atoms with Gasteiger partial charge in [-0.25, -0.2) is 0 Å². The lowest BCUT2D eigenvalue weighted by atomic mass is 10.0. The minimum atomic E-state index is -0.238. The first kappa shape index (κ1) is 18.9. The molecule has 0 bridgehead atoms. The molecule has 1 heterocycles. The molecule has 0 aliphatic carbocycles. The van der Waals surface area contributed by atoms with Gasteiger partial charge in [-0.15, -0.1) is 0 Å². The number of hydrogen-bond donors (Lipinski definition) is 2. The van der Waals surface area contributed by atoms with E-state index in [0.717, 1.165) is 31.7 Å². The van der Waals surface area contributed by atoms with E-state index in [2.05, 4.69) is 53.8 Å². The van der Waals surface area contributed by atoms with Crippen LogP contribution in [0.2, 0.25) is 0 Å². The highest BCUT2D eigenvalue weighted by atomic mass is 16.5. The molecular formula is C19H31N3O2. The maximum absolute atomic E-state index is 12.4. The Morgan fingerprint density at radius 3 is 2.67 bits per heavy atom. The van der Waals surface area contributed by atoms with Gasteiger partial charge in [0.2, 0.25) is 5.91 Å². The van der Waals surface area contributed by atoms with E-state index >= 15 is 0 Å². The molecule has 5 heteroatoms. The second kappa shape index (κ2) is 9.16. The van der Waals surface area contributed by atoms with Gasteiger partial charge >= 0.3 is 0 Å². The first-order valence-corrected chi connectivity index (χ1v) is 8.92. The van der Waals surface area contributed by atoms with E-state index in [1.165, 1.54) is 5.56 Å². The molecule has 1 aliphatic rings. The summed E-state index contributed by atoms with van der Waals surface area (Å²) in [6, 6.07) is 8.19. The summed E-state index contributed by atoms with van der Waals surface area (Å²) in [6.07, 6.45) is 1.18. The average Bonchev–Trinajstić information content (AvgIpc) is 2.59. The fourth-order valence-electron chi connectivity index (χ4n) is 2.85. The molecular weight excluding hydrogens is 302 g/mol. The zero-order valence-electron chi connectivity index (χ0n) is 15.3. The molecule has 0 saturated carbocycles. The molecule has 0 radical (unpaired) electrons. The van der Waals surface area contributed by atoms with Crippen molar-refractivity contribution >= 4 is 5.91 Å². The van der Waals surface area contributed by atoms with Crippen molar-refractivity contribution in [3.8, 4) is 0 Å². The number of nitrogens with one attached hydrogen (secondary N) is 2. The largest absolute Gasteiger partial charge is 0.374 e. The molecule has 0 aromatic heterocycles. The van der Waals surface area contributed by atoms with Crippen molar-refractivity contribution in [2.24, 2.45) is 0 Å². The van der Waals surface area contributed by atoms with Gasteiger partial charge in [0, 0.05) is 19.6 Å². The van der Waals surface area contributed by atoms with Gasteiger partial charge in [0.25, 0.3) is 0 Å². The first-order chi connectivity index (χ1) is 11.5. The summed E-state index contributed by atoms with van der Waals surface area (Å²) in [4.78, 5) is 14.6. The molecule has 3 atom stereocenters. The maximum atomic E-state index is 12.4. The molecule has 1 fully saturated rings. The van der Waals surface area contributed by atoms with Crippen molar-refractivity contribution in [3.63, 3.8) is 0 Å². The highest BCUT2D eigenvalue weighted by Crippen LogP contribution is 2.14. The Kier molecular flexibility index (Phi) is 7.21. The third-order valence-electron chi connectivity index (χ3n) is 4.63. The van der Waals surface area contributed by atoms with E-state index in [-0.39, 0.29) is 24.1 Å². The van der Waals surface area contributed by atoms with Gasteiger partial charge in [0.15, 0.2) is 0 Å². The summed E-state index contributed by atoms with van der Waals surface area (Å²) in [6.45, 7) is 9.38. The van der Waals surface area contributed by atoms with Crippen LogP contribution in [0, 0.1) is 0 Å². The molecule has 1 amide bonds. The number of ether oxygens (including phenoxy) is 1. The van der Waals surface area contributed by atoms with Gasteiger partial charge in [-0.1, -0.05) is 31.2 Å². The number of carbonyl (C=O) groups is 1. The van der Waals surface area contributed by atoms with Crippen LogP contribution < -0.4 is 10.6 Å². The van der Waals surface area contributed by atoms with Crippen molar-refractivity contribution in [1.29, 1.82) is 0 Å². The van der Waals surface area contributed by atoms with E-state index in [1.807, 2.05) is 13.8 Å². The van der Waals surface area contributed by atoms with Crippen LogP contribution in [0.5, 0.6) is 0 Å². The normalized spacial score (nSPS) is 21.2. The van der Waals surface area contributed by atoms with E-state index in [1.54, 1.807) is 0 Å². The molecule has 1 aromatic carbocycles. The quantitative estimate of drug-likeness (QED) is 0.798. The Bertz CT molecular complexity index is 518. The van der Waals surface area contributed by atoms with Gasteiger partial charge < -0.3 is 20.3 Å². The summed E-state index contributed by atoms with van der Waals surface area (Å²) in [7, 11) is 2.09. The minimum absolute atomic E-state index is 0.00437. The van der Waals surface area contributed by atoms with Gasteiger partial charge in [-0.2, -0.15) is 0 Å². The Morgan fingerprint density at radius 2 is 2.04 bits per heavy atom. The van der Waals surface area contributed by atoms with Gasteiger partial charge in [-0.05, 0) is 38.4 Å². The third kappa shape index (κ3) is 5.58. The van der Waals surface area contributed by atoms with E-state index in [9.17, 15) is 4.79 Å². The molecule has 3 unspecified atom stereocenters. The zero-order chi connectivity index (χ0) is 17.5. The molecule has 2 rings (SSSR count). The second-order valence-electron chi connectivity index (χ2n) is 6.71. The monoisotopic (exact) mass is 333 g/mol. The van der Waals surface area contributed by atoms with Crippen LogP contribution in [0.4, 0.5) is 0 Å². The summed E-state index contributed by atoms with van der Waals surface area (Å²) >= 11 is 0. The highest BCUT2D eigenvalue weighted by Gasteiger charge is 2.21. The topological polar surface area (TPSA) is 53.6 Å². The predicted molar refractivity (Wildman–Crippen MR) is 97.1 cm³/mol. The summed E-state index contributed by atoms with van der Waals surface area (Å²) in [5.41, 5.74) is 2.44. The summed E-state index contributed by atoms with van der Waals surface area (Å²) in [5, 5.41) is 6.36. The van der Waals surface area contributed by atoms with Crippen LogP contribution in [0.3, 0.4) is 0 Å². The SMILES string of the molecule is CCc1ccc(C(C)NC(=O)C(C)NCC2CN(C)CCO2)cc1. The van der Waals surface area contributed by atoms with Gasteiger partial charge in [0.1, 0.15) is 0 Å². The third-order valence-corrected chi connectivity index (χ3v) is 4.63. The Labute approximate surface area is 145 Å². The van der Waals surface area contributed by atoms with Crippen molar-refractivity contribution in [2.75, 3.05) is 33.3 Å². The van der Waals surface area contributed by atoms with Crippen LogP contribution in [-0.4, -0.2) is 56.2 Å². The number of benzene rings is 1. The van der Waals surface area contributed by atoms with Crippen molar-refractivity contribution in [2.45, 2.75) is 45.4 Å². The number of nitrogens with zero attached hydrogens (tertiary/aromatic N) is 1. The minimum Gasteiger partial charge on any atom is -0.374 e. The fourth-order valence-corrected chi connectivity index (χ4v) is 2.85. The second-order valence-corrected chi connectivity index (χ2v) is 6.71. The first-order valence-electron chi connectivity index (χ1n) is 8.92. The lowest BCUT2D eigenvalue weighted by Crippen LogP contribution is -2.49. The smallest absolute Gasteiger partial charge is 0.237 e. The number of rotatable bonds is 7. The van der Waals surface area contributed by atoms with Crippen LogP contribution in [0.15, 0.2) is 24.3 Å². The van der Waals surface area contributed by atoms with E-state index in [0.29, 0.717) is 6.54 Å². The Hall–Kier alpha value is -1.43. The van der Waals surface area contributed by atoms with Gasteiger partial charge in [-0.3, -0.25) is 4.79 Å². The number of amides is 1. The molecule has 0 spiro atoms. The van der Waals surface area contributed by atoms with Crippen molar-refractivity contribution < 1.29 is 9.53 Å². The van der Waals surface area contributed by atoms with Crippen LogP contribution in [0.25, 0.3) is 0 Å². The van der Waals surface area contributed by atoms with Crippen LogP contribution in [0.1, 0.15) is 37.9 Å². The number of likely N-dealkylation sites (N-methyl/N-ethyl adjacent to an activating group) is 1. The molecule has 1 aliphatic heterocycles. The number of hydrogen-bond acceptors (Lipinski definition) is 4. The molecule has 24 heavy (non-hydrogen) atoms. The van der Waals surface area contributed by atoms with Crippen molar-refractivity contribution in [1.82, 2.24) is 15.5 Å². The molecule has 1 aromatic rings. The Balaban J connectivity index is 1.77. The summed E-state index contributed by atoms with van der Waals surface area (Å²) in [5.74, 6) is 0.0197. The fraction of sp³-hybridized carbons (Fsp3) is 0.632. The van der Waals surface area contributed by atoms with Gasteiger partial charge in [0.05, 0.1) is 24.8 Å². The lowest BCUT2D eigenvalue weighted by molar-refractivity contribution is -0.123. The standard InChI is InChI=1S/C19H31N3O2/c1-5-16-6-8-17(9-7-16)14(2)21-19(23)15(3)20-12-18-13-22(4)10-11-24-18/h6-9,14-15,18,20H,5,10-13H2,1-4H3,(H,21,23). The number of carbonyl (C=O) groups excluding carboxylic acids is 1. The zero-order valence-corrected chi connectivity index (χ0v) is 15.3. The van der Waals surface area contributed by atoms with E-state index < -0.39 is 0 Å². The summed E-state index contributed by atoms with van der Waals surface area (Å²) < 4.78 is 5.71. The van der Waals surface area contributed by atoms with Crippen LogP contribution >= 0.6 is 0 Å². The van der Waals surface area contributed by atoms with Crippen molar-refractivity contribution in [3.05, 3.63) is 35.4 Å². The molecule has 134 valence electrons. The Morgan fingerprint density at radius 1 is 1.33 bits per heavy atom. The number of morpholine rings is 1. The lowest BCUT2D eigenvalue weighted by Gasteiger charge is -2.31. The molecule has 5 nitrogen and oxygen atoms in total. The van der Waals surface area contributed by atoms with E-state index in [4.69, 9.17) is 4.74 Å². The maximum Gasteiger partial charge on any atom is 0.237 e. The highest BCUT2D eigenvalue weighted by molar-refractivity contribution is 5.81. The molecule has 2 N–H and O–H groups in total. The number of aryl methyl sites for hydroxylation is 1. The average molecular weight is 333 g/mol. The predicted octanol–water partition coefficient (Wildman–Crippen LogP) is 1.73.